The first-order valence-corrected chi connectivity index (χ1v) is 6.07. The van der Waals surface area contributed by atoms with Gasteiger partial charge in [-0.15, -0.1) is 0 Å². The van der Waals surface area contributed by atoms with E-state index < -0.39 is 11.5 Å². The Morgan fingerprint density at radius 3 is 2.50 bits per heavy atom. The lowest BCUT2D eigenvalue weighted by Crippen LogP contribution is -2.41. The minimum atomic E-state index is -1.02. The Bertz CT molecular complexity index is 420. The topological polar surface area (TPSA) is 82.5 Å². The lowest BCUT2D eigenvalue weighted by atomic mass is 9.93. The normalized spacial score (nSPS) is 11.3. The molecule has 0 saturated heterocycles. The van der Waals surface area contributed by atoms with Gasteiger partial charge in [0.25, 0.3) is 0 Å². The van der Waals surface area contributed by atoms with Gasteiger partial charge in [-0.05, 0) is 25.8 Å². The Kier molecular flexibility index (Phi) is 4.67. The number of nitrogens with one attached hydrogen (secondary N) is 1. The number of pyridine rings is 1. The summed E-state index contributed by atoms with van der Waals surface area (Å²) in [5.41, 5.74) is 0.882. The van der Waals surface area contributed by atoms with Crippen LogP contribution in [0.4, 0.5) is 5.69 Å². The summed E-state index contributed by atoms with van der Waals surface area (Å²) in [6.45, 7) is 5.68. The number of carbonyl (C=O) groups is 1. The summed E-state index contributed by atoms with van der Waals surface area (Å²) in [4.78, 5) is 15.1. The highest BCUT2D eigenvalue weighted by Gasteiger charge is 2.26. The summed E-state index contributed by atoms with van der Waals surface area (Å²) in [5, 5.41) is 21.8. The molecule has 0 aliphatic heterocycles. The summed E-state index contributed by atoms with van der Waals surface area (Å²) < 4.78 is 0. The van der Waals surface area contributed by atoms with Crippen LogP contribution >= 0.6 is 0 Å². The van der Waals surface area contributed by atoms with Gasteiger partial charge >= 0.3 is 5.97 Å². The molecular formula is C13H20N2O3. The van der Waals surface area contributed by atoms with Gasteiger partial charge in [-0.3, -0.25) is 4.98 Å². The van der Waals surface area contributed by atoms with E-state index in [-0.39, 0.29) is 12.2 Å². The first kappa shape index (κ1) is 14.4. The maximum Gasteiger partial charge on any atom is 0.339 e. The van der Waals surface area contributed by atoms with Crippen LogP contribution in [-0.2, 0) is 0 Å². The minimum absolute atomic E-state index is 0.0412. The van der Waals surface area contributed by atoms with Gasteiger partial charge in [0.1, 0.15) is 5.56 Å². The molecule has 100 valence electrons. The van der Waals surface area contributed by atoms with E-state index in [1.807, 2.05) is 13.8 Å². The quantitative estimate of drug-likeness (QED) is 0.721. The molecule has 0 fully saturated rings. The zero-order valence-electron chi connectivity index (χ0n) is 11.0. The second-order valence-electron chi connectivity index (χ2n) is 4.45. The van der Waals surface area contributed by atoms with E-state index >= 15 is 0 Å². The van der Waals surface area contributed by atoms with Crippen molar-refractivity contribution in [2.75, 3.05) is 11.9 Å². The first-order valence-electron chi connectivity index (χ1n) is 6.07. The standard InChI is InChI=1S/C13H20N2O3/c1-4-13(5-2,8-16)15-11-6-9(3)14-7-10(11)12(17)18/h6-7,16H,4-5,8H2,1-3H3,(H,14,15)(H,17,18). The molecule has 0 bridgehead atoms. The average Bonchev–Trinajstić information content (AvgIpc) is 2.36. The SMILES string of the molecule is CCC(CC)(CO)Nc1cc(C)ncc1C(=O)O. The van der Waals surface area contributed by atoms with Crippen LogP contribution in [0.1, 0.15) is 42.7 Å². The molecule has 0 amide bonds. The lowest BCUT2D eigenvalue weighted by molar-refractivity contribution is 0.0697. The van der Waals surface area contributed by atoms with E-state index in [1.165, 1.54) is 6.20 Å². The van der Waals surface area contributed by atoms with Crippen molar-refractivity contribution in [1.29, 1.82) is 0 Å². The van der Waals surface area contributed by atoms with Gasteiger partial charge in [0, 0.05) is 11.9 Å². The van der Waals surface area contributed by atoms with Gasteiger partial charge in [0.2, 0.25) is 0 Å². The van der Waals surface area contributed by atoms with E-state index in [2.05, 4.69) is 10.3 Å². The molecular weight excluding hydrogens is 232 g/mol. The van der Waals surface area contributed by atoms with Gasteiger partial charge in [0.05, 0.1) is 17.8 Å². The zero-order valence-corrected chi connectivity index (χ0v) is 11.0. The number of aryl methyl sites for hydroxylation is 1. The summed E-state index contributed by atoms with van der Waals surface area (Å²) in [5.74, 6) is -1.02. The van der Waals surface area contributed by atoms with Crippen LogP contribution in [0.5, 0.6) is 0 Å². The molecule has 0 aromatic carbocycles. The first-order chi connectivity index (χ1) is 8.48. The number of aromatic nitrogens is 1. The molecule has 18 heavy (non-hydrogen) atoms. The summed E-state index contributed by atoms with van der Waals surface area (Å²) in [6.07, 6.45) is 2.76. The number of carboxylic acids is 1. The van der Waals surface area contributed by atoms with Crippen molar-refractivity contribution >= 4 is 11.7 Å². The summed E-state index contributed by atoms with van der Waals surface area (Å²) in [6, 6.07) is 1.69. The Labute approximate surface area is 107 Å². The van der Waals surface area contributed by atoms with Gasteiger partial charge < -0.3 is 15.5 Å². The molecule has 0 spiro atoms. The summed E-state index contributed by atoms with van der Waals surface area (Å²) in [7, 11) is 0. The van der Waals surface area contributed by atoms with Crippen molar-refractivity contribution < 1.29 is 15.0 Å². The molecule has 1 aromatic rings. The number of rotatable bonds is 6. The predicted octanol–water partition coefficient (Wildman–Crippen LogP) is 2.05. The maximum atomic E-state index is 11.1. The highest BCUT2D eigenvalue weighted by Crippen LogP contribution is 2.25. The van der Waals surface area contributed by atoms with E-state index in [4.69, 9.17) is 5.11 Å². The molecule has 5 heteroatoms. The highest BCUT2D eigenvalue weighted by atomic mass is 16.4. The van der Waals surface area contributed by atoms with Crippen LogP contribution in [0.25, 0.3) is 0 Å². The van der Waals surface area contributed by atoms with Crippen LogP contribution in [-0.4, -0.2) is 33.3 Å². The molecule has 5 nitrogen and oxygen atoms in total. The largest absolute Gasteiger partial charge is 0.478 e. The van der Waals surface area contributed by atoms with Crippen molar-refractivity contribution in [3.8, 4) is 0 Å². The van der Waals surface area contributed by atoms with Crippen LogP contribution in [0.15, 0.2) is 12.3 Å². The molecule has 1 aromatic heterocycles. The minimum Gasteiger partial charge on any atom is -0.478 e. The van der Waals surface area contributed by atoms with Crippen molar-refractivity contribution in [3.05, 3.63) is 23.5 Å². The van der Waals surface area contributed by atoms with Gasteiger partial charge in [0.15, 0.2) is 0 Å². The third kappa shape index (κ3) is 2.98. The Hall–Kier alpha value is -1.62. The smallest absolute Gasteiger partial charge is 0.339 e. The zero-order chi connectivity index (χ0) is 13.8. The molecule has 0 aliphatic rings. The number of hydrogen-bond acceptors (Lipinski definition) is 4. The van der Waals surface area contributed by atoms with Crippen molar-refractivity contribution in [1.82, 2.24) is 4.98 Å². The molecule has 0 saturated carbocycles. The van der Waals surface area contributed by atoms with Crippen LogP contribution < -0.4 is 5.32 Å². The molecule has 0 unspecified atom stereocenters. The second-order valence-corrected chi connectivity index (χ2v) is 4.45. The van der Waals surface area contributed by atoms with Crippen LogP contribution in [0, 0.1) is 6.92 Å². The number of carboxylic acid groups (broad SMARTS) is 1. The predicted molar refractivity (Wildman–Crippen MR) is 70.0 cm³/mol. The fraction of sp³-hybridized carbons (Fsp3) is 0.538. The van der Waals surface area contributed by atoms with Crippen LogP contribution in [0.2, 0.25) is 0 Å². The van der Waals surface area contributed by atoms with Gasteiger partial charge in [-0.2, -0.15) is 0 Å². The number of anilines is 1. The Balaban J connectivity index is 3.16. The highest BCUT2D eigenvalue weighted by molar-refractivity contribution is 5.94. The Morgan fingerprint density at radius 2 is 2.06 bits per heavy atom. The second kappa shape index (κ2) is 5.82. The van der Waals surface area contributed by atoms with Gasteiger partial charge in [-0.1, -0.05) is 13.8 Å². The number of hydrogen-bond donors (Lipinski definition) is 3. The van der Waals surface area contributed by atoms with E-state index in [0.29, 0.717) is 18.5 Å². The summed E-state index contributed by atoms with van der Waals surface area (Å²) >= 11 is 0. The lowest BCUT2D eigenvalue weighted by Gasteiger charge is -2.32. The molecule has 0 atom stereocenters. The number of aliphatic hydroxyl groups excluding tert-OH is 1. The van der Waals surface area contributed by atoms with E-state index in [9.17, 15) is 9.90 Å². The molecule has 0 radical (unpaired) electrons. The third-order valence-corrected chi connectivity index (χ3v) is 3.33. The monoisotopic (exact) mass is 252 g/mol. The third-order valence-electron chi connectivity index (χ3n) is 3.33. The molecule has 1 heterocycles. The van der Waals surface area contributed by atoms with Gasteiger partial charge in [-0.25, -0.2) is 4.79 Å². The van der Waals surface area contributed by atoms with E-state index in [0.717, 1.165) is 5.69 Å². The maximum absolute atomic E-state index is 11.1. The number of aliphatic hydroxyl groups is 1. The van der Waals surface area contributed by atoms with Crippen molar-refractivity contribution in [2.24, 2.45) is 0 Å². The van der Waals surface area contributed by atoms with Crippen LogP contribution in [0.3, 0.4) is 0 Å². The molecule has 0 aliphatic carbocycles. The number of aromatic carboxylic acids is 1. The van der Waals surface area contributed by atoms with Crippen molar-refractivity contribution in [2.45, 2.75) is 39.2 Å². The molecule has 3 N–H and O–H groups in total. The average molecular weight is 252 g/mol. The molecule has 1 rings (SSSR count). The Morgan fingerprint density at radius 1 is 1.44 bits per heavy atom. The van der Waals surface area contributed by atoms with E-state index in [1.54, 1.807) is 13.0 Å². The number of nitrogens with zero attached hydrogens (tertiary/aromatic N) is 1. The fourth-order valence-corrected chi connectivity index (χ4v) is 1.81. The van der Waals surface area contributed by atoms with Crippen molar-refractivity contribution in [3.63, 3.8) is 0 Å². The fourth-order valence-electron chi connectivity index (χ4n) is 1.81.